The van der Waals surface area contributed by atoms with Crippen molar-refractivity contribution >= 4 is 0 Å². The van der Waals surface area contributed by atoms with Gasteiger partial charge >= 0.3 is 0 Å². The second kappa shape index (κ2) is 6.24. The van der Waals surface area contributed by atoms with Crippen LogP contribution in [0.25, 0.3) is 0 Å². The zero-order chi connectivity index (χ0) is 16.7. The second-order valence-corrected chi connectivity index (χ2v) is 7.58. The molecule has 0 bridgehead atoms. The van der Waals surface area contributed by atoms with Crippen molar-refractivity contribution in [2.75, 3.05) is 46.4 Å². The summed E-state index contributed by atoms with van der Waals surface area (Å²) in [4.78, 5) is 14.1. The van der Waals surface area contributed by atoms with Crippen molar-refractivity contribution < 1.29 is 9.47 Å². The van der Waals surface area contributed by atoms with Crippen LogP contribution in [0.15, 0.2) is 0 Å². The Hall–Kier alpha value is -1.24. The minimum Gasteiger partial charge on any atom is -0.472 e. The zero-order valence-corrected chi connectivity index (χ0v) is 15.0. The third-order valence-corrected chi connectivity index (χ3v) is 5.96. The molecule has 6 nitrogen and oxygen atoms in total. The first-order valence-corrected chi connectivity index (χ1v) is 9.08. The largest absolute Gasteiger partial charge is 0.472 e. The lowest BCUT2D eigenvalue weighted by atomic mass is 9.86. The smallest absolute Gasteiger partial charge is 0.220 e. The van der Waals surface area contributed by atoms with Gasteiger partial charge in [0.1, 0.15) is 11.9 Å². The lowest BCUT2D eigenvalue weighted by Gasteiger charge is -2.51. The van der Waals surface area contributed by atoms with Crippen LogP contribution in [0.5, 0.6) is 5.88 Å². The number of aromatic nitrogens is 2. The molecule has 0 aliphatic carbocycles. The van der Waals surface area contributed by atoms with Gasteiger partial charge in [0.2, 0.25) is 5.88 Å². The Bertz CT molecular complexity index is 615. The molecular weight excluding hydrogens is 304 g/mol. The number of nitrogens with zero attached hydrogens (tertiary/aromatic N) is 4. The van der Waals surface area contributed by atoms with Crippen LogP contribution in [0, 0.1) is 13.8 Å². The van der Waals surface area contributed by atoms with Gasteiger partial charge in [-0.2, -0.15) is 4.98 Å². The highest BCUT2D eigenvalue weighted by atomic mass is 16.5. The van der Waals surface area contributed by atoms with Gasteiger partial charge in [-0.25, -0.2) is 4.98 Å². The summed E-state index contributed by atoms with van der Waals surface area (Å²) in [5.74, 6) is 1.60. The average Bonchev–Trinajstić information content (AvgIpc) is 2.95. The number of piperazine rings is 1. The fraction of sp³-hybridized carbons (Fsp3) is 0.778. The normalized spacial score (nSPS) is 27.2. The maximum Gasteiger partial charge on any atom is 0.220 e. The number of rotatable bonds is 2. The minimum atomic E-state index is 0.204. The van der Waals surface area contributed by atoms with Crippen molar-refractivity contribution in [3.63, 3.8) is 0 Å². The molecule has 2 saturated heterocycles. The summed E-state index contributed by atoms with van der Waals surface area (Å²) in [6.07, 6.45) is 3.41. The van der Waals surface area contributed by atoms with E-state index in [1.54, 1.807) is 0 Å². The predicted octanol–water partition coefficient (Wildman–Crippen LogP) is 1.19. The van der Waals surface area contributed by atoms with Crippen molar-refractivity contribution in [3.8, 4) is 5.88 Å². The van der Waals surface area contributed by atoms with E-state index in [0.717, 1.165) is 76.1 Å². The molecule has 0 aromatic carbocycles. The molecule has 3 aliphatic heterocycles. The van der Waals surface area contributed by atoms with E-state index in [1.165, 1.54) is 5.56 Å². The summed E-state index contributed by atoms with van der Waals surface area (Å²) in [7, 11) is 2.27. The summed E-state index contributed by atoms with van der Waals surface area (Å²) in [5.41, 5.74) is 2.55. The van der Waals surface area contributed by atoms with E-state index in [9.17, 15) is 0 Å². The molecule has 4 rings (SSSR count). The Morgan fingerprint density at radius 3 is 2.75 bits per heavy atom. The standard InChI is InChI=1S/C18H28N4O2/c1-13-16-10-15(24-17(16)20-14(2)19-13)11-22-7-6-21(3)18(12-22)4-8-23-9-5-18/h15H,4-12H2,1-3H3. The SMILES string of the molecule is Cc1nc(C)c2c(n1)OC(CN1CCN(C)C3(CCOCC3)C1)C2. The van der Waals surface area contributed by atoms with Crippen LogP contribution in [0.1, 0.15) is 29.9 Å². The molecule has 4 heterocycles. The van der Waals surface area contributed by atoms with Gasteiger partial charge in [-0.05, 0) is 33.7 Å². The Kier molecular flexibility index (Phi) is 4.22. The van der Waals surface area contributed by atoms with Gasteiger partial charge in [-0.15, -0.1) is 0 Å². The van der Waals surface area contributed by atoms with Gasteiger partial charge < -0.3 is 9.47 Å². The van der Waals surface area contributed by atoms with E-state index in [-0.39, 0.29) is 11.6 Å². The van der Waals surface area contributed by atoms with Crippen molar-refractivity contribution in [1.82, 2.24) is 19.8 Å². The summed E-state index contributed by atoms with van der Waals surface area (Å²) in [6, 6.07) is 0. The monoisotopic (exact) mass is 332 g/mol. The van der Waals surface area contributed by atoms with E-state index in [2.05, 4.69) is 33.7 Å². The molecule has 0 N–H and O–H groups in total. The molecule has 1 unspecified atom stereocenters. The molecule has 1 aromatic heterocycles. The second-order valence-electron chi connectivity index (χ2n) is 7.58. The van der Waals surface area contributed by atoms with Crippen molar-refractivity contribution in [1.29, 1.82) is 0 Å². The van der Waals surface area contributed by atoms with Crippen LogP contribution in [0.3, 0.4) is 0 Å². The van der Waals surface area contributed by atoms with Crippen molar-refractivity contribution in [2.24, 2.45) is 0 Å². The fourth-order valence-corrected chi connectivity index (χ4v) is 4.45. The lowest BCUT2D eigenvalue weighted by Crippen LogP contribution is -2.63. The fourth-order valence-electron chi connectivity index (χ4n) is 4.45. The van der Waals surface area contributed by atoms with E-state index < -0.39 is 0 Å². The number of hydrogen-bond donors (Lipinski definition) is 0. The predicted molar refractivity (Wildman–Crippen MR) is 91.5 cm³/mol. The maximum absolute atomic E-state index is 6.14. The summed E-state index contributed by atoms with van der Waals surface area (Å²) >= 11 is 0. The van der Waals surface area contributed by atoms with Crippen molar-refractivity contribution in [3.05, 3.63) is 17.1 Å². The summed E-state index contributed by atoms with van der Waals surface area (Å²) in [6.45, 7) is 10.1. The highest BCUT2D eigenvalue weighted by Gasteiger charge is 2.42. The molecule has 0 saturated carbocycles. The molecule has 1 atom stereocenters. The Morgan fingerprint density at radius 1 is 1.17 bits per heavy atom. The van der Waals surface area contributed by atoms with E-state index in [1.807, 2.05) is 6.92 Å². The van der Waals surface area contributed by atoms with Crippen LogP contribution < -0.4 is 4.74 Å². The molecule has 0 amide bonds. The van der Waals surface area contributed by atoms with Gasteiger partial charge in [0.05, 0.1) is 0 Å². The Balaban J connectivity index is 1.42. The average molecular weight is 332 g/mol. The van der Waals surface area contributed by atoms with Crippen LogP contribution in [-0.2, 0) is 11.2 Å². The number of aryl methyl sites for hydroxylation is 2. The van der Waals surface area contributed by atoms with Gasteiger partial charge in [0.25, 0.3) is 0 Å². The Morgan fingerprint density at radius 2 is 1.96 bits per heavy atom. The molecule has 6 heteroatoms. The molecule has 0 radical (unpaired) electrons. The van der Waals surface area contributed by atoms with E-state index >= 15 is 0 Å². The third kappa shape index (κ3) is 2.91. The third-order valence-electron chi connectivity index (χ3n) is 5.96. The molecule has 1 spiro atoms. The van der Waals surface area contributed by atoms with Crippen LogP contribution in [0.2, 0.25) is 0 Å². The first-order valence-electron chi connectivity index (χ1n) is 9.08. The highest BCUT2D eigenvalue weighted by Crippen LogP contribution is 2.33. The lowest BCUT2D eigenvalue weighted by molar-refractivity contribution is -0.0654. The van der Waals surface area contributed by atoms with Gasteiger partial charge in [-0.1, -0.05) is 0 Å². The van der Waals surface area contributed by atoms with E-state index in [0.29, 0.717) is 0 Å². The number of fused-ring (bicyclic) bond motifs is 1. The first-order chi connectivity index (χ1) is 11.6. The molecule has 3 aliphatic rings. The Labute approximate surface area is 144 Å². The van der Waals surface area contributed by atoms with E-state index in [4.69, 9.17) is 9.47 Å². The topological polar surface area (TPSA) is 50.7 Å². The number of hydrogen-bond acceptors (Lipinski definition) is 6. The number of likely N-dealkylation sites (N-methyl/N-ethyl adjacent to an activating group) is 1. The van der Waals surface area contributed by atoms with Crippen molar-refractivity contribution in [2.45, 2.75) is 44.8 Å². The summed E-state index contributed by atoms with van der Waals surface area (Å²) in [5, 5.41) is 0. The molecule has 24 heavy (non-hydrogen) atoms. The minimum absolute atomic E-state index is 0.204. The highest BCUT2D eigenvalue weighted by molar-refractivity contribution is 5.34. The number of ether oxygens (including phenoxy) is 2. The zero-order valence-electron chi connectivity index (χ0n) is 15.0. The van der Waals surface area contributed by atoms with Crippen LogP contribution in [-0.4, -0.2) is 77.9 Å². The molecule has 132 valence electrons. The quantitative estimate of drug-likeness (QED) is 0.811. The van der Waals surface area contributed by atoms with Crippen LogP contribution in [0.4, 0.5) is 0 Å². The van der Waals surface area contributed by atoms with Gasteiger partial charge in [-0.3, -0.25) is 9.80 Å². The maximum atomic E-state index is 6.14. The molecule has 2 fully saturated rings. The van der Waals surface area contributed by atoms with Gasteiger partial charge in [0.15, 0.2) is 0 Å². The molecular formula is C18H28N4O2. The van der Waals surface area contributed by atoms with Crippen LogP contribution >= 0.6 is 0 Å². The summed E-state index contributed by atoms with van der Waals surface area (Å²) < 4.78 is 11.7. The first kappa shape index (κ1) is 16.2. The van der Waals surface area contributed by atoms with Gasteiger partial charge in [0, 0.05) is 62.6 Å². The molecule has 1 aromatic rings.